The summed E-state index contributed by atoms with van der Waals surface area (Å²) in [5, 5.41) is 10.4. The Kier molecular flexibility index (Phi) is 2.69. The van der Waals surface area contributed by atoms with E-state index in [1.54, 1.807) is 6.07 Å². The highest BCUT2D eigenvalue weighted by Crippen LogP contribution is 2.32. The first kappa shape index (κ1) is 9.47. The summed E-state index contributed by atoms with van der Waals surface area (Å²) in [6, 6.07) is 2.85. The Morgan fingerprint density at radius 1 is 1.33 bits per heavy atom. The van der Waals surface area contributed by atoms with Crippen LogP contribution in [0.25, 0.3) is 0 Å². The van der Waals surface area contributed by atoms with Crippen molar-refractivity contribution < 1.29 is 4.92 Å². The fraction of sp³-hybridized carbons (Fsp3) is 0. The van der Waals surface area contributed by atoms with Gasteiger partial charge in [-0.15, -0.1) is 0 Å². The van der Waals surface area contributed by atoms with Crippen molar-refractivity contribution in [1.82, 2.24) is 0 Å². The molecule has 0 aliphatic carbocycles. The van der Waals surface area contributed by atoms with E-state index in [0.717, 1.165) is 0 Å². The van der Waals surface area contributed by atoms with E-state index in [4.69, 9.17) is 5.73 Å². The van der Waals surface area contributed by atoms with Crippen LogP contribution in [0.1, 0.15) is 0 Å². The molecule has 0 saturated carbocycles. The Labute approximate surface area is 85.2 Å². The molecule has 0 fully saturated rings. The van der Waals surface area contributed by atoms with Gasteiger partial charge in [0.1, 0.15) is 0 Å². The van der Waals surface area contributed by atoms with Gasteiger partial charge in [-0.25, -0.2) is 0 Å². The Hall–Kier alpha value is -0.620. The lowest BCUT2D eigenvalue weighted by molar-refractivity contribution is -0.385. The first-order chi connectivity index (χ1) is 5.52. The van der Waals surface area contributed by atoms with Crippen LogP contribution in [0.3, 0.4) is 0 Å². The van der Waals surface area contributed by atoms with Crippen molar-refractivity contribution >= 4 is 43.2 Å². The zero-order chi connectivity index (χ0) is 9.30. The highest BCUT2D eigenvalue weighted by atomic mass is 79.9. The van der Waals surface area contributed by atoms with Crippen molar-refractivity contribution in [1.29, 1.82) is 0 Å². The molecule has 0 spiro atoms. The van der Waals surface area contributed by atoms with Gasteiger partial charge in [0.15, 0.2) is 0 Å². The Morgan fingerprint density at radius 2 is 1.92 bits per heavy atom. The highest BCUT2D eigenvalue weighted by Gasteiger charge is 2.13. The lowest BCUT2D eigenvalue weighted by Crippen LogP contribution is -1.93. The molecule has 0 atom stereocenters. The second-order valence-electron chi connectivity index (χ2n) is 2.08. The summed E-state index contributed by atoms with van der Waals surface area (Å²) in [6.07, 6.45) is 0. The molecule has 1 aromatic rings. The lowest BCUT2D eigenvalue weighted by atomic mass is 10.3. The number of hydrogen-bond acceptors (Lipinski definition) is 3. The molecule has 0 aromatic heterocycles. The van der Waals surface area contributed by atoms with E-state index in [9.17, 15) is 10.1 Å². The van der Waals surface area contributed by atoms with Crippen molar-refractivity contribution in [2.45, 2.75) is 0 Å². The molecule has 6 heteroatoms. The summed E-state index contributed by atoms with van der Waals surface area (Å²) in [5.41, 5.74) is 5.78. The van der Waals surface area contributed by atoms with Crippen molar-refractivity contribution in [3.63, 3.8) is 0 Å². The van der Waals surface area contributed by atoms with E-state index in [-0.39, 0.29) is 5.69 Å². The van der Waals surface area contributed by atoms with Crippen LogP contribution in [0.4, 0.5) is 11.4 Å². The van der Waals surface area contributed by atoms with E-state index in [1.165, 1.54) is 6.07 Å². The van der Waals surface area contributed by atoms with Gasteiger partial charge in [-0.05, 0) is 37.9 Å². The van der Waals surface area contributed by atoms with Crippen LogP contribution in [-0.4, -0.2) is 4.92 Å². The average Bonchev–Trinajstić information content (AvgIpc) is 1.96. The number of nitrogens with two attached hydrogens (primary N) is 1. The predicted octanol–water partition coefficient (Wildman–Crippen LogP) is 2.70. The molecule has 0 aliphatic heterocycles. The number of halogens is 2. The van der Waals surface area contributed by atoms with Crippen LogP contribution in [0.15, 0.2) is 21.1 Å². The van der Waals surface area contributed by atoms with Gasteiger partial charge in [-0.3, -0.25) is 10.1 Å². The van der Waals surface area contributed by atoms with E-state index in [1.807, 2.05) is 0 Å². The Balaban J connectivity index is 3.33. The molecule has 0 bridgehead atoms. The minimum absolute atomic E-state index is 0.0318. The van der Waals surface area contributed by atoms with E-state index in [0.29, 0.717) is 14.6 Å². The fourth-order valence-corrected chi connectivity index (χ4v) is 1.83. The molecular weight excluding hydrogens is 292 g/mol. The predicted molar refractivity (Wildman–Crippen MR) is 52.9 cm³/mol. The number of hydrogen-bond donors (Lipinski definition) is 1. The maximum absolute atomic E-state index is 10.4. The molecule has 1 aromatic carbocycles. The molecule has 64 valence electrons. The first-order valence-corrected chi connectivity index (χ1v) is 4.50. The Bertz CT molecular complexity index is 341. The maximum Gasteiger partial charge on any atom is 0.285 e. The van der Waals surface area contributed by atoms with Crippen LogP contribution in [0.5, 0.6) is 0 Å². The smallest absolute Gasteiger partial charge is 0.285 e. The zero-order valence-corrected chi connectivity index (χ0v) is 8.92. The number of nitrogens with zero attached hydrogens (tertiary/aromatic N) is 1. The van der Waals surface area contributed by atoms with E-state index >= 15 is 0 Å². The second-order valence-corrected chi connectivity index (χ2v) is 3.79. The third-order valence-electron chi connectivity index (χ3n) is 1.26. The van der Waals surface area contributed by atoms with Crippen LogP contribution in [0.2, 0.25) is 0 Å². The monoisotopic (exact) mass is 294 g/mol. The van der Waals surface area contributed by atoms with Gasteiger partial charge in [0.25, 0.3) is 5.69 Å². The number of rotatable bonds is 1. The van der Waals surface area contributed by atoms with Gasteiger partial charge < -0.3 is 5.73 Å². The molecule has 12 heavy (non-hydrogen) atoms. The van der Waals surface area contributed by atoms with Gasteiger partial charge in [0, 0.05) is 10.5 Å². The first-order valence-electron chi connectivity index (χ1n) is 2.91. The van der Waals surface area contributed by atoms with E-state index < -0.39 is 4.92 Å². The largest absolute Gasteiger partial charge is 0.398 e. The number of nitrogen functional groups attached to an aromatic ring is 1. The van der Waals surface area contributed by atoms with Crippen molar-refractivity contribution in [3.8, 4) is 0 Å². The fourth-order valence-electron chi connectivity index (χ4n) is 0.694. The third kappa shape index (κ3) is 1.75. The molecule has 1 rings (SSSR count). The van der Waals surface area contributed by atoms with Gasteiger partial charge in [0.05, 0.1) is 15.1 Å². The van der Waals surface area contributed by atoms with Gasteiger partial charge in [0.2, 0.25) is 0 Å². The number of anilines is 1. The molecule has 0 unspecified atom stereocenters. The van der Waals surface area contributed by atoms with Crippen molar-refractivity contribution in [2.75, 3.05) is 5.73 Å². The minimum atomic E-state index is -0.493. The van der Waals surface area contributed by atoms with Gasteiger partial charge in [-0.2, -0.15) is 0 Å². The summed E-state index contributed by atoms with van der Waals surface area (Å²) >= 11 is 6.21. The minimum Gasteiger partial charge on any atom is -0.398 e. The summed E-state index contributed by atoms with van der Waals surface area (Å²) in [6.45, 7) is 0. The normalized spacial score (nSPS) is 9.83. The van der Waals surface area contributed by atoms with Crippen LogP contribution in [-0.2, 0) is 0 Å². The lowest BCUT2D eigenvalue weighted by Gasteiger charge is -1.99. The summed E-state index contributed by atoms with van der Waals surface area (Å²) in [5.74, 6) is 0. The summed E-state index contributed by atoms with van der Waals surface area (Å²) in [4.78, 5) is 9.90. The van der Waals surface area contributed by atoms with E-state index in [2.05, 4.69) is 31.9 Å². The average molecular weight is 296 g/mol. The molecule has 0 amide bonds. The standard InChI is InChI=1S/C6H4Br2N2O2/c7-3-1-4(8)6(10(11)12)2-5(3)9/h1-2H,9H2. The van der Waals surface area contributed by atoms with Gasteiger partial charge >= 0.3 is 0 Å². The second kappa shape index (κ2) is 3.40. The third-order valence-corrected chi connectivity index (χ3v) is 2.58. The Morgan fingerprint density at radius 3 is 2.42 bits per heavy atom. The molecule has 4 nitrogen and oxygen atoms in total. The van der Waals surface area contributed by atoms with Crippen LogP contribution < -0.4 is 5.73 Å². The quantitative estimate of drug-likeness (QED) is 0.492. The maximum atomic E-state index is 10.4. The van der Waals surface area contributed by atoms with Crippen molar-refractivity contribution in [2.24, 2.45) is 0 Å². The highest BCUT2D eigenvalue weighted by molar-refractivity contribution is 9.11. The molecule has 0 heterocycles. The summed E-state index contributed by atoms with van der Waals surface area (Å²) in [7, 11) is 0. The molecule has 2 N–H and O–H groups in total. The SMILES string of the molecule is Nc1cc([N+](=O)[O-])c(Br)cc1Br. The molecule has 0 aliphatic rings. The molecule has 0 radical (unpaired) electrons. The zero-order valence-electron chi connectivity index (χ0n) is 5.75. The molecular formula is C6H4Br2N2O2. The topological polar surface area (TPSA) is 69.2 Å². The summed E-state index contributed by atoms with van der Waals surface area (Å²) < 4.78 is 1.05. The molecule has 0 saturated heterocycles. The van der Waals surface area contributed by atoms with Crippen LogP contribution >= 0.6 is 31.9 Å². The number of nitro benzene ring substituents is 1. The van der Waals surface area contributed by atoms with Crippen molar-refractivity contribution in [3.05, 3.63) is 31.2 Å². The number of nitro groups is 1. The van der Waals surface area contributed by atoms with Gasteiger partial charge in [-0.1, -0.05) is 0 Å². The number of benzene rings is 1. The van der Waals surface area contributed by atoms with Crippen LogP contribution in [0, 0.1) is 10.1 Å².